The smallest absolute Gasteiger partial charge is 0.333 e. The Morgan fingerprint density at radius 1 is 1.17 bits per heavy atom. The summed E-state index contributed by atoms with van der Waals surface area (Å²) in [5.41, 5.74) is -0.768. The molecule has 1 aromatic heterocycles. The van der Waals surface area contributed by atoms with Crippen LogP contribution in [0.25, 0.3) is 0 Å². The summed E-state index contributed by atoms with van der Waals surface area (Å²) in [6.45, 7) is 0. The summed E-state index contributed by atoms with van der Waals surface area (Å²) in [4.78, 5) is 26.7. The summed E-state index contributed by atoms with van der Waals surface area (Å²) >= 11 is 5.59. The van der Waals surface area contributed by atoms with Crippen molar-refractivity contribution in [2.24, 2.45) is 0 Å². The molecule has 2 aromatic rings. The largest absolute Gasteiger partial charge is 0.467 e. The Morgan fingerprint density at radius 2 is 1.79 bits per heavy atom. The molecule has 0 fully saturated rings. The molecule has 9 heteroatoms. The highest BCUT2D eigenvalue weighted by atomic mass is 35.5. The van der Waals surface area contributed by atoms with Gasteiger partial charge >= 0.3 is 5.97 Å². The van der Waals surface area contributed by atoms with Crippen LogP contribution in [0.5, 0.6) is 0 Å². The number of amides is 1. The van der Waals surface area contributed by atoms with E-state index in [1.54, 1.807) is 18.2 Å². The molecule has 24 heavy (non-hydrogen) atoms. The third kappa shape index (κ3) is 3.48. The standard InChI is InChI=1S/C15H10ClF3N2O3/c1-24-15(23)11(20-14(22)7-5-3-2-4-6-7)8-9(16)12(18)21-13(19)10(8)17/h2-6,11H,1H3,(H,20,22). The second kappa shape index (κ2) is 7.31. The Balaban J connectivity index is 2.48. The molecule has 0 saturated heterocycles. The monoisotopic (exact) mass is 358 g/mol. The zero-order chi connectivity index (χ0) is 17.9. The van der Waals surface area contributed by atoms with Gasteiger partial charge in [-0.2, -0.15) is 13.8 Å². The number of carbonyl (C=O) groups is 2. The molecule has 1 aromatic carbocycles. The Bertz CT molecular complexity index is 761. The summed E-state index contributed by atoms with van der Waals surface area (Å²) in [6, 6.07) is 5.76. The van der Waals surface area contributed by atoms with Gasteiger partial charge in [0.05, 0.1) is 7.11 Å². The maximum Gasteiger partial charge on any atom is 0.333 e. The van der Waals surface area contributed by atoms with Gasteiger partial charge < -0.3 is 10.1 Å². The molecule has 126 valence electrons. The average Bonchev–Trinajstić information content (AvgIpc) is 2.59. The van der Waals surface area contributed by atoms with Crippen molar-refractivity contribution in [1.29, 1.82) is 0 Å². The van der Waals surface area contributed by atoms with E-state index in [1.165, 1.54) is 12.1 Å². The molecule has 0 aliphatic heterocycles. The Labute approximate surface area is 139 Å². The SMILES string of the molecule is COC(=O)C(NC(=O)c1ccccc1)c1c(F)c(F)nc(F)c1Cl. The van der Waals surface area contributed by atoms with Crippen LogP contribution in [0.2, 0.25) is 5.02 Å². The number of aromatic nitrogens is 1. The lowest BCUT2D eigenvalue weighted by molar-refractivity contribution is -0.143. The number of methoxy groups -OCH3 is 1. The normalized spacial score (nSPS) is 11.7. The Kier molecular flexibility index (Phi) is 5.40. The maximum absolute atomic E-state index is 14.0. The number of ether oxygens (including phenoxy) is 1. The van der Waals surface area contributed by atoms with Gasteiger partial charge in [0, 0.05) is 11.1 Å². The molecule has 0 radical (unpaired) electrons. The van der Waals surface area contributed by atoms with Crippen molar-refractivity contribution in [2.75, 3.05) is 7.11 Å². The number of rotatable bonds is 4. The van der Waals surface area contributed by atoms with Gasteiger partial charge in [0.15, 0.2) is 11.9 Å². The van der Waals surface area contributed by atoms with E-state index in [2.05, 4.69) is 15.0 Å². The average molecular weight is 359 g/mol. The van der Waals surface area contributed by atoms with Crippen LogP contribution < -0.4 is 5.32 Å². The molecule has 1 amide bonds. The topological polar surface area (TPSA) is 68.3 Å². The van der Waals surface area contributed by atoms with Gasteiger partial charge in [0.25, 0.3) is 11.9 Å². The second-order valence-electron chi connectivity index (χ2n) is 4.53. The Hall–Kier alpha value is -2.61. The number of hydrogen-bond donors (Lipinski definition) is 1. The van der Waals surface area contributed by atoms with Crippen LogP contribution in [0.4, 0.5) is 13.2 Å². The zero-order valence-corrected chi connectivity index (χ0v) is 12.9. The first kappa shape index (κ1) is 17.7. The van der Waals surface area contributed by atoms with Crippen LogP contribution in [0.15, 0.2) is 30.3 Å². The predicted molar refractivity (Wildman–Crippen MR) is 77.8 cm³/mol. The lowest BCUT2D eigenvalue weighted by Gasteiger charge is -2.19. The first-order chi connectivity index (χ1) is 11.4. The molecule has 1 N–H and O–H groups in total. The number of pyridine rings is 1. The van der Waals surface area contributed by atoms with Crippen molar-refractivity contribution >= 4 is 23.5 Å². The number of halogens is 4. The summed E-state index contributed by atoms with van der Waals surface area (Å²) in [6.07, 6.45) is 0. The van der Waals surface area contributed by atoms with Crippen molar-refractivity contribution in [3.63, 3.8) is 0 Å². The number of carbonyl (C=O) groups excluding carboxylic acids is 2. The molecule has 1 atom stereocenters. The first-order valence-corrected chi connectivity index (χ1v) is 6.88. The fourth-order valence-corrected chi connectivity index (χ4v) is 2.16. The van der Waals surface area contributed by atoms with Crippen LogP contribution in [-0.4, -0.2) is 24.0 Å². The van der Waals surface area contributed by atoms with Crippen LogP contribution in [-0.2, 0) is 9.53 Å². The predicted octanol–water partition coefficient (Wildman–Crippen LogP) is 2.80. The highest BCUT2D eigenvalue weighted by molar-refractivity contribution is 6.31. The summed E-state index contributed by atoms with van der Waals surface area (Å²) in [5.74, 6) is -6.93. The maximum atomic E-state index is 14.0. The molecule has 0 saturated carbocycles. The van der Waals surface area contributed by atoms with Crippen molar-refractivity contribution in [3.05, 3.63) is 64.2 Å². The quantitative estimate of drug-likeness (QED) is 0.674. The lowest BCUT2D eigenvalue weighted by atomic mass is 10.1. The molecular weight excluding hydrogens is 349 g/mol. The van der Waals surface area contributed by atoms with E-state index in [4.69, 9.17) is 11.6 Å². The third-order valence-corrected chi connectivity index (χ3v) is 3.43. The molecule has 0 bridgehead atoms. The van der Waals surface area contributed by atoms with E-state index in [0.29, 0.717) is 0 Å². The molecular formula is C15H10ClF3N2O3. The molecule has 0 aliphatic carbocycles. The minimum Gasteiger partial charge on any atom is -0.467 e. The molecule has 0 aliphatic rings. The minimum absolute atomic E-state index is 0.137. The van der Waals surface area contributed by atoms with Crippen LogP contribution in [0, 0.1) is 17.7 Å². The highest BCUT2D eigenvalue weighted by Gasteiger charge is 2.33. The van der Waals surface area contributed by atoms with Crippen molar-refractivity contribution in [1.82, 2.24) is 10.3 Å². The van der Waals surface area contributed by atoms with Crippen molar-refractivity contribution in [3.8, 4) is 0 Å². The number of esters is 1. The van der Waals surface area contributed by atoms with E-state index in [-0.39, 0.29) is 5.56 Å². The second-order valence-corrected chi connectivity index (χ2v) is 4.91. The van der Waals surface area contributed by atoms with Crippen LogP contribution in [0.3, 0.4) is 0 Å². The first-order valence-electron chi connectivity index (χ1n) is 6.50. The van der Waals surface area contributed by atoms with E-state index < -0.39 is 46.2 Å². The molecule has 1 unspecified atom stereocenters. The number of nitrogens with one attached hydrogen (secondary N) is 1. The van der Waals surface area contributed by atoms with E-state index in [0.717, 1.165) is 7.11 Å². The summed E-state index contributed by atoms with van der Waals surface area (Å²) in [5, 5.41) is 1.20. The summed E-state index contributed by atoms with van der Waals surface area (Å²) in [7, 11) is 0.962. The third-order valence-electron chi connectivity index (χ3n) is 3.07. The van der Waals surface area contributed by atoms with Gasteiger partial charge in [-0.25, -0.2) is 9.18 Å². The van der Waals surface area contributed by atoms with E-state index >= 15 is 0 Å². The lowest BCUT2D eigenvalue weighted by Crippen LogP contribution is -2.35. The highest BCUT2D eigenvalue weighted by Crippen LogP contribution is 2.29. The number of benzene rings is 1. The van der Waals surface area contributed by atoms with Gasteiger partial charge in [0.1, 0.15) is 5.02 Å². The molecule has 5 nitrogen and oxygen atoms in total. The molecule has 2 rings (SSSR count). The summed E-state index contributed by atoms with van der Waals surface area (Å²) < 4.78 is 45.3. The number of hydrogen-bond acceptors (Lipinski definition) is 4. The van der Waals surface area contributed by atoms with Gasteiger partial charge in [-0.3, -0.25) is 4.79 Å². The number of nitrogens with zero attached hydrogens (tertiary/aromatic N) is 1. The van der Waals surface area contributed by atoms with Gasteiger partial charge in [-0.1, -0.05) is 29.8 Å². The zero-order valence-electron chi connectivity index (χ0n) is 12.1. The molecule has 1 heterocycles. The van der Waals surface area contributed by atoms with Crippen molar-refractivity contribution < 1.29 is 27.5 Å². The van der Waals surface area contributed by atoms with Crippen LogP contribution >= 0.6 is 11.6 Å². The van der Waals surface area contributed by atoms with Crippen LogP contribution in [0.1, 0.15) is 22.0 Å². The Morgan fingerprint density at radius 3 is 2.38 bits per heavy atom. The fraction of sp³-hybridized carbons (Fsp3) is 0.133. The van der Waals surface area contributed by atoms with Gasteiger partial charge in [0.2, 0.25) is 5.95 Å². The minimum atomic E-state index is -1.86. The van der Waals surface area contributed by atoms with E-state index in [1.807, 2.05) is 0 Å². The van der Waals surface area contributed by atoms with Crippen molar-refractivity contribution in [2.45, 2.75) is 6.04 Å². The molecule has 0 spiro atoms. The van der Waals surface area contributed by atoms with Gasteiger partial charge in [-0.15, -0.1) is 0 Å². The fourth-order valence-electron chi connectivity index (χ4n) is 1.93. The van der Waals surface area contributed by atoms with E-state index in [9.17, 15) is 22.8 Å². The van der Waals surface area contributed by atoms with Gasteiger partial charge in [-0.05, 0) is 12.1 Å².